The van der Waals surface area contributed by atoms with Crippen LogP contribution in [0.2, 0.25) is 0 Å². The molecule has 0 spiro atoms. The number of aliphatic hydroxyl groups excluding tert-OH is 1. The van der Waals surface area contributed by atoms with Crippen molar-refractivity contribution in [1.82, 2.24) is 5.32 Å². The predicted molar refractivity (Wildman–Crippen MR) is 94.7 cm³/mol. The van der Waals surface area contributed by atoms with E-state index in [0.717, 1.165) is 29.7 Å². The lowest BCUT2D eigenvalue weighted by atomic mass is 10.1. The first-order chi connectivity index (χ1) is 11.6. The second-order valence-corrected chi connectivity index (χ2v) is 6.93. The highest BCUT2D eigenvalue weighted by molar-refractivity contribution is 7.13. The van der Waals surface area contributed by atoms with Gasteiger partial charge in [0.05, 0.1) is 6.10 Å². The van der Waals surface area contributed by atoms with Gasteiger partial charge in [0.1, 0.15) is 0 Å². The fourth-order valence-electron chi connectivity index (χ4n) is 2.94. The van der Waals surface area contributed by atoms with Gasteiger partial charge in [-0.15, -0.1) is 11.3 Å². The van der Waals surface area contributed by atoms with Crippen molar-refractivity contribution in [3.8, 4) is 10.4 Å². The van der Waals surface area contributed by atoms with Crippen LogP contribution in [0.5, 0.6) is 0 Å². The van der Waals surface area contributed by atoms with Gasteiger partial charge in [-0.1, -0.05) is 24.6 Å². The van der Waals surface area contributed by atoms with E-state index in [9.17, 15) is 14.7 Å². The van der Waals surface area contributed by atoms with Crippen LogP contribution in [-0.4, -0.2) is 29.6 Å². The number of hydrogen-bond donors (Lipinski definition) is 3. The molecule has 3 N–H and O–H groups in total. The molecule has 0 aliphatic heterocycles. The molecule has 0 radical (unpaired) electrons. The molecule has 0 bridgehead atoms. The number of aliphatic hydroxyl groups is 1. The fourth-order valence-corrected chi connectivity index (χ4v) is 3.66. The molecule has 5 nitrogen and oxygen atoms in total. The molecule has 1 heterocycles. The van der Waals surface area contributed by atoms with Gasteiger partial charge in [0.15, 0.2) is 0 Å². The zero-order chi connectivity index (χ0) is 16.9. The van der Waals surface area contributed by atoms with E-state index in [4.69, 9.17) is 0 Å². The minimum Gasteiger partial charge on any atom is -0.393 e. The zero-order valence-electron chi connectivity index (χ0n) is 13.2. The van der Waals surface area contributed by atoms with Gasteiger partial charge in [-0.2, -0.15) is 0 Å². The number of hydrogen-bond acceptors (Lipinski definition) is 4. The van der Waals surface area contributed by atoms with Crippen molar-refractivity contribution in [2.45, 2.75) is 25.4 Å². The van der Waals surface area contributed by atoms with Crippen molar-refractivity contribution < 1.29 is 14.7 Å². The normalized spacial score (nSPS) is 19.9. The summed E-state index contributed by atoms with van der Waals surface area (Å²) in [7, 11) is 0. The third-order valence-corrected chi connectivity index (χ3v) is 5.20. The van der Waals surface area contributed by atoms with Crippen LogP contribution in [0.3, 0.4) is 0 Å². The summed E-state index contributed by atoms with van der Waals surface area (Å²) in [5, 5.41) is 17.0. The Labute approximate surface area is 144 Å². The molecule has 24 heavy (non-hydrogen) atoms. The van der Waals surface area contributed by atoms with E-state index in [-0.39, 0.29) is 12.0 Å². The van der Waals surface area contributed by atoms with Crippen LogP contribution in [-0.2, 0) is 9.59 Å². The molecule has 1 aromatic carbocycles. The topological polar surface area (TPSA) is 78.4 Å². The Balaban J connectivity index is 1.56. The second-order valence-electron chi connectivity index (χ2n) is 5.98. The van der Waals surface area contributed by atoms with Gasteiger partial charge in [0, 0.05) is 23.0 Å². The summed E-state index contributed by atoms with van der Waals surface area (Å²) >= 11 is 1.62. The summed E-state index contributed by atoms with van der Waals surface area (Å²) in [4.78, 5) is 25.0. The number of rotatable bonds is 4. The minimum absolute atomic E-state index is 0.0453. The maximum absolute atomic E-state index is 12.0. The zero-order valence-corrected chi connectivity index (χ0v) is 14.0. The first-order valence-corrected chi connectivity index (χ1v) is 8.92. The first-order valence-electron chi connectivity index (χ1n) is 8.04. The molecule has 2 aromatic rings. The Morgan fingerprint density at radius 2 is 2.04 bits per heavy atom. The van der Waals surface area contributed by atoms with Crippen molar-refractivity contribution in [2.75, 3.05) is 11.9 Å². The number of thiophene rings is 1. The number of carbonyl (C=O) groups is 2. The summed E-state index contributed by atoms with van der Waals surface area (Å²) in [6.45, 7) is 0.336. The van der Waals surface area contributed by atoms with Crippen molar-refractivity contribution in [2.24, 2.45) is 5.92 Å². The van der Waals surface area contributed by atoms with Crippen LogP contribution in [0.1, 0.15) is 19.3 Å². The minimum atomic E-state index is -0.689. The summed E-state index contributed by atoms with van der Waals surface area (Å²) in [5.74, 6) is -1.31. The van der Waals surface area contributed by atoms with E-state index in [0.29, 0.717) is 12.2 Å². The van der Waals surface area contributed by atoms with Gasteiger partial charge in [0.25, 0.3) is 0 Å². The molecular formula is C18H20N2O3S. The predicted octanol–water partition coefficient (Wildman–Crippen LogP) is 2.63. The van der Waals surface area contributed by atoms with E-state index in [1.54, 1.807) is 17.4 Å². The summed E-state index contributed by atoms with van der Waals surface area (Å²) in [6.07, 6.45) is 2.23. The molecule has 2 atom stereocenters. The smallest absolute Gasteiger partial charge is 0.313 e. The maximum atomic E-state index is 12.0. The molecule has 1 fully saturated rings. The molecule has 0 saturated heterocycles. The SMILES string of the molecule is O=C(NCC1CCCC1O)C(=O)Nc1cccc(-c2cccs2)c1. The van der Waals surface area contributed by atoms with E-state index in [1.807, 2.05) is 35.7 Å². The highest BCUT2D eigenvalue weighted by atomic mass is 32.1. The number of carbonyl (C=O) groups excluding carboxylic acids is 2. The lowest BCUT2D eigenvalue weighted by Gasteiger charge is -2.14. The maximum Gasteiger partial charge on any atom is 0.313 e. The average molecular weight is 344 g/mol. The third kappa shape index (κ3) is 4.01. The molecule has 1 aliphatic carbocycles. The van der Waals surface area contributed by atoms with Gasteiger partial charge in [-0.3, -0.25) is 9.59 Å². The third-order valence-electron chi connectivity index (χ3n) is 4.28. The first kappa shape index (κ1) is 16.7. The van der Waals surface area contributed by atoms with Gasteiger partial charge in [-0.25, -0.2) is 0 Å². The number of nitrogens with one attached hydrogen (secondary N) is 2. The Morgan fingerprint density at radius 3 is 2.75 bits per heavy atom. The van der Waals surface area contributed by atoms with E-state index in [2.05, 4.69) is 10.6 Å². The highest BCUT2D eigenvalue weighted by Gasteiger charge is 2.26. The lowest BCUT2D eigenvalue weighted by molar-refractivity contribution is -0.136. The molecule has 6 heteroatoms. The quantitative estimate of drug-likeness (QED) is 0.746. The highest BCUT2D eigenvalue weighted by Crippen LogP contribution is 2.27. The number of benzene rings is 1. The Kier molecular flexibility index (Phi) is 5.27. The Morgan fingerprint density at radius 1 is 1.17 bits per heavy atom. The Hall–Kier alpha value is -2.18. The summed E-state index contributed by atoms with van der Waals surface area (Å²) in [5.41, 5.74) is 1.58. The van der Waals surface area contributed by atoms with Gasteiger partial charge in [-0.05, 0) is 42.0 Å². The van der Waals surface area contributed by atoms with E-state index in [1.165, 1.54) is 0 Å². The summed E-state index contributed by atoms with van der Waals surface area (Å²) < 4.78 is 0. The van der Waals surface area contributed by atoms with Gasteiger partial charge >= 0.3 is 11.8 Å². The molecule has 126 valence electrons. The van der Waals surface area contributed by atoms with Crippen molar-refractivity contribution in [3.05, 3.63) is 41.8 Å². The molecule has 1 aliphatic rings. The van der Waals surface area contributed by atoms with Crippen molar-refractivity contribution in [3.63, 3.8) is 0 Å². The molecule has 2 unspecified atom stereocenters. The lowest BCUT2D eigenvalue weighted by Crippen LogP contribution is -2.39. The number of anilines is 1. The molecule has 1 saturated carbocycles. The van der Waals surface area contributed by atoms with Gasteiger partial charge in [0.2, 0.25) is 0 Å². The van der Waals surface area contributed by atoms with Crippen LogP contribution < -0.4 is 10.6 Å². The van der Waals surface area contributed by atoms with Crippen molar-refractivity contribution in [1.29, 1.82) is 0 Å². The molecule has 3 rings (SSSR count). The van der Waals surface area contributed by atoms with E-state index < -0.39 is 11.8 Å². The van der Waals surface area contributed by atoms with Crippen molar-refractivity contribution >= 4 is 28.8 Å². The molecule has 2 amide bonds. The largest absolute Gasteiger partial charge is 0.393 e. The fraction of sp³-hybridized carbons (Fsp3) is 0.333. The van der Waals surface area contributed by atoms with E-state index >= 15 is 0 Å². The standard InChI is InChI=1S/C18H20N2O3S/c21-15-7-2-5-13(15)11-19-17(22)18(23)20-14-6-1-4-12(10-14)16-8-3-9-24-16/h1,3-4,6,8-10,13,15,21H,2,5,7,11H2,(H,19,22)(H,20,23). The number of amides is 2. The second kappa shape index (κ2) is 7.59. The monoisotopic (exact) mass is 344 g/mol. The van der Waals surface area contributed by atoms with Crippen LogP contribution in [0.25, 0.3) is 10.4 Å². The van der Waals surface area contributed by atoms with Crippen LogP contribution in [0.4, 0.5) is 5.69 Å². The molecule has 1 aromatic heterocycles. The molecular weight excluding hydrogens is 324 g/mol. The Bertz CT molecular complexity index is 715. The van der Waals surface area contributed by atoms with Crippen LogP contribution >= 0.6 is 11.3 Å². The van der Waals surface area contributed by atoms with Crippen LogP contribution in [0, 0.1) is 5.92 Å². The van der Waals surface area contributed by atoms with Gasteiger partial charge < -0.3 is 15.7 Å². The average Bonchev–Trinajstić information content (AvgIpc) is 3.24. The summed E-state index contributed by atoms with van der Waals surface area (Å²) in [6, 6.07) is 11.4. The van der Waals surface area contributed by atoms with Crippen LogP contribution in [0.15, 0.2) is 41.8 Å².